The van der Waals surface area contributed by atoms with Crippen LogP contribution >= 0.6 is 11.8 Å². The zero-order valence-corrected chi connectivity index (χ0v) is 13.4. The molecule has 3 unspecified atom stereocenters. The van der Waals surface area contributed by atoms with Gasteiger partial charge >= 0.3 is 0 Å². The van der Waals surface area contributed by atoms with E-state index in [-0.39, 0.29) is 6.10 Å². The quantitative estimate of drug-likeness (QED) is 0.837. The molecule has 0 radical (unpaired) electrons. The zero-order chi connectivity index (χ0) is 14.4. The van der Waals surface area contributed by atoms with E-state index in [1.54, 1.807) is 7.11 Å². The monoisotopic (exact) mass is 295 g/mol. The lowest BCUT2D eigenvalue weighted by atomic mass is 9.94. The Bertz CT molecular complexity index is 413. The van der Waals surface area contributed by atoms with Crippen molar-refractivity contribution < 1.29 is 9.47 Å². The minimum atomic E-state index is 0.224. The van der Waals surface area contributed by atoms with Crippen molar-refractivity contribution in [2.45, 2.75) is 37.3 Å². The lowest BCUT2D eigenvalue weighted by Crippen LogP contribution is -2.49. The molecule has 2 rings (SSSR count). The minimum Gasteiger partial charge on any atom is -0.487 e. The van der Waals surface area contributed by atoms with Gasteiger partial charge in [0.05, 0.1) is 0 Å². The van der Waals surface area contributed by atoms with Crippen molar-refractivity contribution >= 4 is 11.8 Å². The topological polar surface area (TPSA) is 30.5 Å². The molecular formula is C16H25NO2S. The highest BCUT2D eigenvalue weighted by Gasteiger charge is 2.31. The average molecular weight is 295 g/mol. The van der Waals surface area contributed by atoms with E-state index in [1.165, 1.54) is 4.90 Å². The maximum atomic E-state index is 6.22. The van der Waals surface area contributed by atoms with Gasteiger partial charge in [0.15, 0.2) is 0 Å². The number of benzene rings is 1. The summed E-state index contributed by atoms with van der Waals surface area (Å²) in [7, 11) is 1.76. The van der Waals surface area contributed by atoms with E-state index in [2.05, 4.69) is 37.4 Å². The van der Waals surface area contributed by atoms with Crippen molar-refractivity contribution in [1.29, 1.82) is 0 Å². The number of para-hydroxylation sites is 1. The molecule has 1 aliphatic rings. The minimum absolute atomic E-state index is 0.224. The van der Waals surface area contributed by atoms with Gasteiger partial charge in [-0.2, -0.15) is 0 Å². The molecule has 1 N–H and O–H groups in total. The number of hydrogen-bond acceptors (Lipinski definition) is 4. The molecule has 112 valence electrons. The predicted molar refractivity (Wildman–Crippen MR) is 84.7 cm³/mol. The number of likely N-dealkylation sites (N-methyl/N-ethyl adjacent to an activating group) is 1. The van der Waals surface area contributed by atoms with Gasteiger partial charge < -0.3 is 14.8 Å². The van der Waals surface area contributed by atoms with Crippen LogP contribution in [0.3, 0.4) is 0 Å². The van der Waals surface area contributed by atoms with Gasteiger partial charge in [0.2, 0.25) is 0 Å². The molecule has 0 aromatic heterocycles. The zero-order valence-electron chi connectivity index (χ0n) is 12.6. The second kappa shape index (κ2) is 7.91. The first-order valence-corrected chi connectivity index (χ1v) is 8.35. The Hall–Kier alpha value is -0.710. The summed E-state index contributed by atoms with van der Waals surface area (Å²) in [5.74, 6) is 2.56. The van der Waals surface area contributed by atoms with Crippen molar-refractivity contribution in [3.63, 3.8) is 0 Å². The summed E-state index contributed by atoms with van der Waals surface area (Å²) in [6, 6.07) is 8.68. The van der Waals surface area contributed by atoms with Gasteiger partial charge in [-0.25, -0.2) is 0 Å². The van der Waals surface area contributed by atoms with Gasteiger partial charge in [0.1, 0.15) is 11.9 Å². The molecule has 0 fully saturated rings. The first-order valence-electron chi connectivity index (χ1n) is 7.37. The van der Waals surface area contributed by atoms with Gasteiger partial charge in [-0.05, 0) is 31.0 Å². The van der Waals surface area contributed by atoms with E-state index in [1.807, 2.05) is 17.8 Å². The van der Waals surface area contributed by atoms with Gasteiger partial charge in [-0.3, -0.25) is 0 Å². The normalized spacial score (nSPS) is 20.9. The summed E-state index contributed by atoms with van der Waals surface area (Å²) < 4.78 is 11.4. The first kappa shape index (κ1) is 15.7. The van der Waals surface area contributed by atoms with Crippen LogP contribution in [0.1, 0.15) is 20.3 Å². The Morgan fingerprint density at radius 3 is 3.00 bits per heavy atom. The highest BCUT2D eigenvalue weighted by Crippen LogP contribution is 2.36. The Kier molecular flexibility index (Phi) is 6.20. The average Bonchev–Trinajstić information content (AvgIpc) is 2.49. The summed E-state index contributed by atoms with van der Waals surface area (Å²) in [5, 5.41) is 3.60. The van der Waals surface area contributed by atoms with Crippen LogP contribution < -0.4 is 10.1 Å². The Morgan fingerprint density at radius 1 is 1.45 bits per heavy atom. The molecule has 0 bridgehead atoms. The van der Waals surface area contributed by atoms with Crippen LogP contribution in [0.2, 0.25) is 0 Å². The number of hydrogen-bond donors (Lipinski definition) is 1. The third-order valence-corrected chi connectivity index (χ3v) is 4.90. The molecule has 1 aromatic carbocycles. The fraction of sp³-hybridized carbons (Fsp3) is 0.625. The van der Waals surface area contributed by atoms with Crippen LogP contribution in [0.5, 0.6) is 5.75 Å². The van der Waals surface area contributed by atoms with E-state index in [9.17, 15) is 0 Å². The molecule has 0 amide bonds. The molecule has 1 aromatic rings. The van der Waals surface area contributed by atoms with Crippen LogP contribution in [-0.2, 0) is 4.74 Å². The molecule has 4 heteroatoms. The van der Waals surface area contributed by atoms with E-state index in [0.717, 1.165) is 31.1 Å². The predicted octanol–water partition coefficient (Wildman–Crippen LogP) is 3.19. The van der Waals surface area contributed by atoms with Gasteiger partial charge in [0, 0.05) is 30.4 Å². The van der Waals surface area contributed by atoms with Crippen molar-refractivity contribution in [1.82, 2.24) is 5.32 Å². The van der Waals surface area contributed by atoms with Crippen LogP contribution in [0.4, 0.5) is 0 Å². The van der Waals surface area contributed by atoms with Crippen LogP contribution in [-0.4, -0.2) is 38.2 Å². The number of thioether (sulfide) groups is 1. The smallest absolute Gasteiger partial charge is 0.133 e. The molecule has 1 heterocycles. The third kappa shape index (κ3) is 3.90. The van der Waals surface area contributed by atoms with Gasteiger partial charge in [0.25, 0.3) is 0 Å². The van der Waals surface area contributed by atoms with Crippen molar-refractivity contribution in [2.75, 3.05) is 26.0 Å². The second-order valence-corrected chi connectivity index (χ2v) is 6.32. The van der Waals surface area contributed by atoms with E-state index < -0.39 is 0 Å². The van der Waals surface area contributed by atoms with E-state index >= 15 is 0 Å². The molecular weight excluding hydrogens is 270 g/mol. The van der Waals surface area contributed by atoms with Crippen LogP contribution in [0.25, 0.3) is 0 Å². The number of methoxy groups -OCH3 is 1. The first-order chi connectivity index (χ1) is 9.76. The lowest BCUT2D eigenvalue weighted by molar-refractivity contribution is 0.114. The van der Waals surface area contributed by atoms with Crippen molar-refractivity contribution in [2.24, 2.45) is 5.92 Å². The summed E-state index contributed by atoms with van der Waals surface area (Å²) >= 11 is 1.90. The number of fused-ring (bicyclic) bond motifs is 1. The summed E-state index contributed by atoms with van der Waals surface area (Å²) in [4.78, 5) is 1.25. The summed E-state index contributed by atoms with van der Waals surface area (Å²) in [6.07, 6.45) is 1.28. The summed E-state index contributed by atoms with van der Waals surface area (Å²) in [6.45, 7) is 6.20. The van der Waals surface area contributed by atoms with Crippen molar-refractivity contribution in [3.8, 4) is 5.75 Å². The van der Waals surface area contributed by atoms with E-state index in [0.29, 0.717) is 12.0 Å². The maximum absolute atomic E-state index is 6.22. The fourth-order valence-electron chi connectivity index (χ4n) is 2.63. The second-order valence-electron chi connectivity index (χ2n) is 5.26. The highest BCUT2D eigenvalue weighted by molar-refractivity contribution is 7.99. The largest absolute Gasteiger partial charge is 0.487 e. The number of rotatable bonds is 7. The van der Waals surface area contributed by atoms with Crippen LogP contribution in [0, 0.1) is 5.92 Å². The lowest BCUT2D eigenvalue weighted by Gasteiger charge is -2.35. The standard InChI is InChI=1S/C16H25NO2S/c1-4-17-16(12(2)9-10-18-3)14-11-20-15-8-6-5-7-13(15)19-14/h5-8,12,14,16-17H,4,9-11H2,1-3H3. The van der Waals surface area contributed by atoms with E-state index in [4.69, 9.17) is 9.47 Å². The molecule has 1 aliphatic heterocycles. The highest BCUT2D eigenvalue weighted by atomic mass is 32.2. The molecule has 0 saturated heterocycles. The fourth-order valence-corrected chi connectivity index (χ4v) is 3.68. The molecule has 0 aliphatic carbocycles. The summed E-state index contributed by atoms with van der Waals surface area (Å²) in [5.41, 5.74) is 0. The molecule has 0 saturated carbocycles. The van der Waals surface area contributed by atoms with Crippen LogP contribution in [0.15, 0.2) is 29.2 Å². The van der Waals surface area contributed by atoms with Crippen molar-refractivity contribution in [3.05, 3.63) is 24.3 Å². The SMILES string of the molecule is CCNC(C(C)CCOC)C1CSc2ccccc2O1. The van der Waals surface area contributed by atoms with Gasteiger partial charge in [-0.1, -0.05) is 26.0 Å². The number of ether oxygens (including phenoxy) is 2. The molecule has 3 atom stereocenters. The molecule has 0 spiro atoms. The Balaban J connectivity index is 2.03. The number of nitrogens with one attached hydrogen (secondary N) is 1. The Morgan fingerprint density at radius 2 is 2.25 bits per heavy atom. The maximum Gasteiger partial charge on any atom is 0.133 e. The molecule has 3 nitrogen and oxygen atoms in total. The Labute approximate surface area is 126 Å². The third-order valence-electron chi connectivity index (χ3n) is 3.76. The van der Waals surface area contributed by atoms with Gasteiger partial charge in [-0.15, -0.1) is 11.8 Å². The molecule has 20 heavy (non-hydrogen) atoms.